The summed E-state index contributed by atoms with van der Waals surface area (Å²) in [6.07, 6.45) is 6.94. The second-order valence-corrected chi connectivity index (χ2v) is 7.66. The number of nitrogens with one attached hydrogen (secondary N) is 2. The summed E-state index contributed by atoms with van der Waals surface area (Å²) >= 11 is 0. The van der Waals surface area contributed by atoms with E-state index in [-0.39, 0.29) is 0 Å². The van der Waals surface area contributed by atoms with Gasteiger partial charge >= 0.3 is 0 Å². The fourth-order valence-corrected chi connectivity index (χ4v) is 3.58. The molecule has 0 bridgehead atoms. The van der Waals surface area contributed by atoms with E-state index in [4.69, 9.17) is 4.99 Å². The van der Waals surface area contributed by atoms with Crippen molar-refractivity contribution in [2.75, 3.05) is 6.54 Å². The lowest BCUT2D eigenvalue weighted by Crippen LogP contribution is -2.44. The van der Waals surface area contributed by atoms with Gasteiger partial charge in [-0.25, -0.2) is 14.7 Å². The summed E-state index contributed by atoms with van der Waals surface area (Å²) in [7, 11) is 0. The smallest absolute Gasteiger partial charge is 0.191 e. The number of rotatable bonds is 5. The molecule has 1 fully saturated rings. The summed E-state index contributed by atoms with van der Waals surface area (Å²) in [6, 6.07) is 6.67. The molecule has 146 valence electrons. The van der Waals surface area contributed by atoms with E-state index >= 15 is 0 Å². The third kappa shape index (κ3) is 5.31. The second kappa shape index (κ2) is 9.02. The number of hydrogen-bond acceptors (Lipinski definition) is 3. The van der Waals surface area contributed by atoms with Crippen LogP contribution in [0.3, 0.4) is 0 Å². The Bertz CT molecular complexity index is 753. The van der Waals surface area contributed by atoms with Gasteiger partial charge in [-0.15, -0.1) is 0 Å². The molecule has 2 heterocycles. The van der Waals surface area contributed by atoms with Crippen LogP contribution >= 0.6 is 0 Å². The first-order valence-electron chi connectivity index (χ1n) is 10.1. The second-order valence-electron chi connectivity index (χ2n) is 7.66. The van der Waals surface area contributed by atoms with Crippen LogP contribution in [0.5, 0.6) is 0 Å². The van der Waals surface area contributed by atoms with Crippen LogP contribution in [0, 0.1) is 19.8 Å². The first-order valence-corrected chi connectivity index (χ1v) is 10.1. The SMILES string of the molecule is CCNC(=NCc1ccc(-n2nc(C)cc2C)nc1)NC1CCC(C)CC1. The minimum atomic E-state index is 0.533. The quantitative estimate of drug-likeness (QED) is 0.626. The minimum absolute atomic E-state index is 0.533. The molecule has 0 spiro atoms. The molecule has 1 aliphatic carbocycles. The summed E-state index contributed by atoms with van der Waals surface area (Å²) < 4.78 is 1.87. The Balaban J connectivity index is 1.62. The highest BCUT2D eigenvalue weighted by Crippen LogP contribution is 2.23. The molecule has 0 saturated heterocycles. The maximum Gasteiger partial charge on any atom is 0.191 e. The van der Waals surface area contributed by atoms with Gasteiger partial charge in [-0.2, -0.15) is 5.10 Å². The predicted octanol–water partition coefficient (Wildman–Crippen LogP) is 3.52. The Morgan fingerprint density at radius 2 is 2.00 bits per heavy atom. The van der Waals surface area contributed by atoms with Crippen LogP contribution in [0.15, 0.2) is 29.4 Å². The van der Waals surface area contributed by atoms with E-state index in [2.05, 4.69) is 46.7 Å². The molecule has 0 unspecified atom stereocenters. The van der Waals surface area contributed by atoms with Gasteiger partial charge in [0.1, 0.15) is 0 Å². The van der Waals surface area contributed by atoms with E-state index in [9.17, 15) is 0 Å². The van der Waals surface area contributed by atoms with Crippen LogP contribution in [0.1, 0.15) is 56.5 Å². The van der Waals surface area contributed by atoms with Crippen LogP contribution in [0.25, 0.3) is 5.82 Å². The molecule has 0 atom stereocenters. The highest BCUT2D eigenvalue weighted by atomic mass is 15.3. The van der Waals surface area contributed by atoms with E-state index in [0.29, 0.717) is 12.6 Å². The van der Waals surface area contributed by atoms with Crippen LogP contribution < -0.4 is 10.6 Å². The van der Waals surface area contributed by atoms with Gasteiger partial charge in [-0.05, 0) is 70.1 Å². The molecule has 0 amide bonds. The zero-order valence-corrected chi connectivity index (χ0v) is 17.0. The standard InChI is InChI=1S/C21H32N6/c1-5-22-21(25-19-9-6-15(2)7-10-19)24-14-18-8-11-20(23-13-18)27-17(4)12-16(3)26-27/h8,11-13,15,19H,5-7,9-10,14H2,1-4H3,(H2,22,24,25). The molecule has 0 aromatic carbocycles. The number of guanidine groups is 1. The largest absolute Gasteiger partial charge is 0.357 e. The molecule has 3 rings (SSSR count). The van der Waals surface area contributed by atoms with Gasteiger partial charge in [-0.3, -0.25) is 0 Å². The fourth-order valence-electron chi connectivity index (χ4n) is 3.58. The Hall–Kier alpha value is -2.37. The Labute approximate surface area is 162 Å². The normalized spacial score (nSPS) is 20.5. The monoisotopic (exact) mass is 368 g/mol. The maximum atomic E-state index is 4.75. The zero-order chi connectivity index (χ0) is 19.2. The maximum absolute atomic E-state index is 4.75. The molecule has 0 aliphatic heterocycles. The lowest BCUT2D eigenvalue weighted by atomic mass is 9.87. The average molecular weight is 369 g/mol. The highest BCUT2D eigenvalue weighted by molar-refractivity contribution is 5.80. The summed E-state index contributed by atoms with van der Waals surface area (Å²) in [4.78, 5) is 9.31. The van der Waals surface area contributed by atoms with Crippen molar-refractivity contribution in [1.82, 2.24) is 25.4 Å². The summed E-state index contributed by atoms with van der Waals surface area (Å²) in [5.41, 5.74) is 3.18. The predicted molar refractivity (Wildman–Crippen MR) is 110 cm³/mol. The van der Waals surface area contributed by atoms with Crippen LogP contribution in [-0.4, -0.2) is 33.3 Å². The Morgan fingerprint density at radius 3 is 2.59 bits per heavy atom. The van der Waals surface area contributed by atoms with Crippen LogP contribution in [0.2, 0.25) is 0 Å². The van der Waals surface area contributed by atoms with Gasteiger partial charge in [0.2, 0.25) is 0 Å². The van der Waals surface area contributed by atoms with Crippen molar-refractivity contribution < 1.29 is 0 Å². The van der Waals surface area contributed by atoms with Crippen LogP contribution in [-0.2, 0) is 6.54 Å². The average Bonchev–Trinajstić information content (AvgIpc) is 3.00. The highest BCUT2D eigenvalue weighted by Gasteiger charge is 2.18. The molecule has 1 aliphatic rings. The van der Waals surface area contributed by atoms with Gasteiger partial charge in [0.25, 0.3) is 0 Å². The summed E-state index contributed by atoms with van der Waals surface area (Å²) in [5, 5.41) is 11.4. The van der Waals surface area contributed by atoms with Crippen LogP contribution in [0.4, 0.5) is 0 Å². The van der Waals surface area contributed by atoms with E-state index in [1.54, 1.807) is 0 Å². The third-order valence-electron chi connectivity index (χ3n) is 5.16. The van der Waals surface area contributed by atoms with Crippen molar-refractivity contribution in [2.24, 2.45) is 10.9 Å². The van der Waals surface area contributed by atoms with Crippen molar-refractivity contribution in [3.8, 4) is 5.82 Å². The number of aromatic nitrogens is 3. The molecule has 1 saturated carbocycles. The number of pyridine rings is 1. The van der Waals surface area contributed by atoms with Gasteiger partial charge < -0.3 is 10.6 Å². The van der Waals surface area contributed by atoms with Gasteiger partial charge in [0, 0.05) is 24.5 Å². The van der Waals surface area contributed by atoms with Gasteiger partial charge in [-0.1, -0.05) is 13.0 Å². The number of aliphatic imine (C=N–C) groups is 1. The summed E-state index contributed by atoms with van der Waals surface area (Å²) in [5.74, 6) is 2.60. The van der Waals surface area contributed by atoms with E-state index in [1.165, 1.54) is 25.7 Å². The Kier molecular flexibility index (Phi) is 6.48. The van der Waals surface area contributed by atoms with Gasteiger partial charge in [0.05, 0.1) is 12.2 Å². The first-order chi connectivity index (χ1) is 13.0. The number of aryl methyl sites for hydroxylation is 2. The lowest BCUT2D eigenvalue weighted by Gasteiger charge is -2.28. The van der Waals surface area contributed by atoms with Crippen molar-refractivity contribution in [3.63, 3.8) is 0 Å². The number of hydrogen-bond donors (Lipinski definition) is 2. The summed E-state index contributed by atoms with van der Waals surface area (Å²) in [6.45, 7) is 9.96. The molecule has 2 aromatic heterocycles. The molecule has 2 aromatic rings. The van der Waals surface area contributed by atoms with E-state index in [1.807, 2.05) is 30.8 Å². The lowest BCUT2D eigenvalue weighted by molar-refractivity contribution is 0.329. The number of nitrogens with zero attached hydrogens (tertiary/aromatic N) is 4. The van der Waals surface area contributed by atoms with Crippen molar-refractivity contribution in [1.29, 1.82) is 0 Å². The zero-order valence-electron chi connectivity index (χ0n) is 17.0. The topological polar surface area (TPSA) is 67.1 Å². The molecule has 2 N–H and O–H groups in total. The molecular weight excluding hydrogens is 336 g/mol. The van der Waals surface area contributed by atoms with E-state index in [0.717, 1.165) is 41.2 Å². The molecule has 6 heteroatoms. The molecule has 6 nitrogen and oxygen atoms in total. The third-order valence-corrected chi connectivity index (χ3v) is 5.16. The first kappa shape index (κ1) is 19.4. The van der Waals surface area contributed by atoms with Crippen molar-refractivity contribution >= 4 is 5.96 Å². The molecular formula is C21H32N6. The minimum Gasteiger partial charge on any atom is -0.357 e. The van der Waals surface area contributed by atoms with E-state index < -0.39 is 0 Å². The van der Waals surface area contributed by atoms with Crippen molar-refractivity contribution in [3.05, 3.63) is 41.3 Å². The molecule has 0 radical (unpaired) electrons. The van der Waals surface area contributed by atoms with Gasteiger partial charge in [0.15, 0.2) is 11.8 Å². The van der Waals surface area contributed by atoms with Crippen molar-refractivity contribution in [2.45, 2.75) is 66.0 Å². The molecule has 27 heavy (non-hydrogen) atoms. The Morgan fingerprint density at radius 1 is 1.22 bits per heavy atom. The fraction of sp³-hybridized carbons (Fsp3) is 0.571.